The maximum Gasteiger partial charge on any atom is 0.269 e. The van der Waals surface area contributed by atoms with E-state index < -0.39 is 0 Å². The lowest BCUT2D eigenvalue weighted by atomic mass is 10.2. The molecule has 1 aromatic rings. The molecule has 0 spiro atoms. The number of rotatable bonds is 5. The van der Waals surface area contributed by atoms with Gasteiger partial charge in [0, 0.05) is 12.7 Å². The van der Waals surface area contributed by atoms with E-state index in [1.165, 1.54) is 6.42 Å². The first-order chi connectivity index (χ1) is 7.24. The van der Waals surface area contributed by atoms with Crippen LogP contribution in [-0.4, -0.2) is 17.4 Å². The predicted molar refractivity (Wildman–Crippen MR) is 60.8 cm³/mol. The standard InChI is InChI=1S/C12H18N2O/c1-3-4-5-8-13-12(15)11-7-6-10(2)9-14-11/h6-7,9H,3-5,8H2,1-2H3,(H,13,15). The average molecular weight is 206 g/mol. The first-order valence-corrected chi connectivity index (χ1v) is 5.45. The summed E-state index contributed by atoms with van der Waals surface area (Å²) in [6.45, 7) is 4.83. The van der Waals surface area contributed by atoms with E-state index in [-0.39, 0.29) is 5.91 Å². The molecule has 0 aliphatic carbocycles. The lowest BCUT2D eigenvalue weighted by Gasteiger charge is -2.03. The highest BCUT2D eigenvalue weighted by Crippen LogP contribution is 1.98. The highest BCUT2D eigenvalue weighted by Gasteiger charge is 2.04. The van der Waals surface area contributed by atoms with E-state index >= 15 is 0 Å². The van der Waals surface area contributed by atoms with Gasteiger partial charge in [0.25, 0.3) is 5.91 Å². The Bertz CT molecular complexity index is 306. The van der Waals surface area contributed by atoms with Crippen molar-refractivity contribution in [3.05, 3.63) is 29.6 Å². The molecule has 0 aromatic carbocycles. The average Bonchev–Trinajstić information content (AvgIpc) is 2.25. The monoisotopic (exact) mass is 206 g/mol. The normalized spacial score (nSPS) is 10.0. The molecule has 1 rings (SSSR count). The van der Waals surface area contributed by atoms with Crippen molar-refractivity contribution >= 4 is 5.91 Å². The number of pyridine rings is 1. The third-order valence-electron chi connectivity index (χ3n) is 2.21. The van der Waals surface area contributed by atoms with Crippen molar-refractivity contribution in [1.82, 2.24) is 10.3 Å². The first-order valence-electron chi connectivity index (χ1n) is 5.45. The zero-order chi connectivity index (χ0) is 11.1. The fourth-order valence-electron chi connectivity index (χ4n) is 1.27. The molecule has 3 nitrogen and oxygen atoms in total. The summed E-state index contributed by atoms with van der Waals surface area (Å²) in [4.78, 5) is 15.6. The quantitative estimate of drug-likeness (QED) is 0.751. The van der Waals surface area contributed by atoms with Crippen molar-refractivity contribution in [2.24, 2.45) is 0 Å². The van der Waals surface area contributed by atoms with Crippen LogP contribution < -0.4 is 5.32 Å². The van der Waals surface area contributed by atoms with Gasteiger partial charge in [-0.2, -0.15) is 0 Å². The number of aryl methyl sites for hydroxylation is 1. The predicted octanol–water partition coefficient (Wildman–Crippen LogP) is 2.31. The van der Waals surface area contributed by atoms with Gasteiger partial charge in [-0.05, 0) is 25.0 Å². The number of unbranched alkanes of at least 4 members (excludes halogenated alkanes) is 2. The molecular weight excluding hydrogens is 188 g/mol. The van der Waals surface area contributed by atoms with Gasteiger partial charge in [0.1, 0.15) is 5.69 Å². The summed E-state index contributed by atoms with van der Waals surface area (Å²) in [5.41, 5.74) is 1.56. The SMILES string of the molecule is CCCCCNC(=O)c1ccc(C)cn1. The van der Waals surface area contributed by atoms with Crippen molar-refractivity contribution in [2.45, 2.75) is 33.1 Å². The molecule has 1 heterocycles. The molecule has 0 unspecified atom stereocenters. The van der Waals surface area contributed by atoms with Crippen molar-refractivity contribution in [1.29, 1.82) is 0 Å². The van der Waals surface area contributed by atoms with Crippen LogP contribution in [0.5, 0.6) is 0 Å². The topological polar surface area (TPSA) is 42.0 Å². The first kappa shape index (κ1) is 11.7. The molecule has 0 atom stereocenters. The van der Waals surface area contributed by atoms with Crippen LogP contribution in [0.25, 0.3) is 0 Å². The Morgan fingerprint density at radius 3 is 2.80 bits per heavy atom. The van der Waals surface area contributed by atoms with Crippen LogP contribution >= 0.6 is 0 Å². The summed E-state index contributed by atoms with van der Waals surface area (Å²) >= 11 is 0. The van der Waals surface area contributed by atoms with Crippen molar-refractivity contribution in [3.8, 4) is 0 Å². The molecule has 3 heteroatoms. The van der Waals surface area contributed by atoms with Crippen LogP contribution in [0.3, 0.4) is 0 Å². The summed E-state index contributed by atoms with van der Waals surface area (Å²) in [5, 5.41) is 2.85. The highest BCUT2D eigenvalue weighted by atomic mass is 16.1. The lowest BCUT2D eigenvalue weighted by Crippen LogP contribution is -2.25. The Kier molecular flexibility index (Phi) is 4.81. The van der Waals surface area contributed by atoms with Gasteiger partial charge in [0.05, 0.1) is 0 Å². The Balaban J connectivity index is 2.37. The van der Waals surface area contributed by atoms with Gasteiger partial charge in [-0.25, -0.2) is 0 Å². The molecule has 0 aliphatic heterocycles. The fourth-order valence-corrected chi connectivity index (χ4v) is 1.27. The van der Waals surface area contributed by atoms with E-state index in [9.17, 15) is 4.79 Å². The Morgan fingerprint density at radius 2 is 2.20 bits per heavy atom. The molecule has 0 radical (unpaired) electrons. The maximum atomic E-state index is 11.5. The number of hydrogen-bond donors (Lipinski definition) is 1. The van der Waals surface area contributed by atoms with E-state index in [4.69, 9.17) is 0 Å². The largest absolute Gasteiger partial charge is 0.351 e. The summed E-state index contributed by atoms with van der Waals surface area (Å²) in [6.07, 6.45) is 5.06. The van der Waals surface area contributed by atoms with E-state index in [1.54, 1.807) is 12.3 Å². The van der Waals surface area contributed by atoms with Crippen molar-refractivity contribution in [3.63, 3.8) is 0 Å². The second-order valence-electron chi connectivity index (χ2n) is 3.68. The van der Waals surface area contributed by atoms with Crippen LogP contribution in [0, 0.1) is 6.92 Å². The third-order valence-corrected chi connectivity index (χ3v) is 2.21. The summed E-state index contributed by atoms with van der Waals surface area (Å²) in [7, 11) is 0. The van der Waals surface area contributed by atoms with Crippen molar-refractivity contribution in [2.75, 3.05) is 6.54 Å². The minimum Gasteiger partial charge on any atom is -0.351 e. The Morgan fingerprint density at radius 1 is 1.40 bits per heavy atom. The van der Waals surface area contributed by atoms with E-state index in [0.29, 0.717) is 5.69 Å². The zero-order valence-electron chi connectivity index (χ0n) is 9.42. The molecular formula is C12H18N2O. The summed E-state index contributed by atoms with van der Waals surface area (Å²) < 4.78 is 0. The minimum atomic E-state index is -0.0777. The smallest absolute Gasteiger partial charge is 0.269 e. The number of hydrogen-bond acceptors (Lipinski definition) is 2. The molecule has 0 saturated heterocycles. The number of amides is 1. The van der Waals surface area contributed by atoms with E-state index in [1.807, 2.05) is 13.0 Å². The van der Waals surface area contributed by atoms with E-state index in [0.717, 1.165) is 24.9 Å². The number of carbonyl (C=O) groups excluding carboxylic acids is 1. The van der Waals surface area contributed by atoms with Crippen LogP contribution in [0.1, 0.15) is 42.2 Å². The zero-order valence-corrected chi connectivity index (χ0v) is 9.42. The van der Waals surface area contributed by atoms with Crippen LogP contribution in [0.4, 0.5) is 0 Å². The van der Waals surface area contributed by atoms with Gasteiger partial charge >= 0.3 is 0 Å². The maximum absolute atomic E-state index is 11.5. The molecule has 1 N–H and O–H groups in total. The van der Waals surface area contributed by atoms with Gasteiger partial charge in [0.15, 0.2) is 0 Å². The van der Waals surface area contributed by atoms with Crippen LogP contribution in [0.15, 0.2) is 18.3 Å². The highest BCUT2D eigenvalue weighted by molar-refractivity contribution is 5.92. The molecule has 0 saturated carbocycles. The van der Waals surface area contributed by atoms with Crippen molar-refractivity contribution < 1.29 is 4.79 Å². The van der Waals surface area contributed by atoms with Gasteiger partial charge in [-0.1, -0.05) is 25.8 Å². The Labute approximate surface area is 90.9 Å². The number of aromatic nitrogens is 1. The molecule has 0 bridgehead atoms. The second-order valence-corrected chi connectivity index (χ2v) is 3.68. The van der Waals surface area contributed by atoms with Crippen LogP contribution in [0.2, 0.25) is 0 Å². The molecule has 0 aliphatic rings. The van der Waals surface area contributed by atoms with Crippen LogP contribution in [-0.2, 0) is 0 Å². The minimum absolute atomic E-state index is 0.0777. The summed E-state index contributed by atoms with van der Waals surface area (Å²) in [6, 6.07) is 3.65. The molecule has 1 aromatic heterocycles. The molecule has 0 fully saturated rings. The van der Waals surface area contributed by atoms with Gasteiger partial charge in [0.2, 0.25) is 0 Å². The fraction of sp³-hybridized carbons (Fsp3) is 0.500. The lowest BCUT2D eigenvalue weighted by molar-refractivity contribution is 0.0948. The number of carbonyl (C=O) groups is 1. The van der Waals surface area contributed by atoms with Gasteiger partial charge < -0.3 is 5.32 Å². The number of nitrogens with one attached hydrogen (secondary N) is 1. The molecule has 15 heavy (non-hydrogen) atoms. The second kappa shape index (κ2) is 6.17. The molecule has 82 valence electrons. The Hall–Kier alpha value is -1.38. The van der Waals surface area contributed by atoms with Gasteiger partial charge in [-0.3, -0.25) is 9.78 Å². The van der Waals surface area contributed by atoms with Gasteiger partial charge in [-0.15, -0.1) is 0 Å². The number of nitrogens with zero attached hydrogens (tertiary/aromatic N) is 1. The third kappa shape index (κ3) is 4.11. The van der Waals surface area contributed by atoms with E-state index in [2.05, 4.69) is 17.2 Å². The summed E-state index contributed by atoms with van der Waals surface area (Å²) in [5.74, 6) is -0.0777. The molecule has 1 amide bonds.